The van der Waals surface area contributed by atoms with Gasteiger partial charge in [-0.05, 0) is 55.5 Å². The van der Waals surface area contributed by atoms with Gasteiger partial charge < -0.3 is 15.4 Å². The Labute approximate surface area is 145 Å². The molecular weight excluding hydrogens is 321 g/mol. The fourth-order valence-electron chi connectivity index (χ4n) is 2.90. The SMILES string of the molecule is C[C@H]1COc2nc(C(=O)NC3CC3)c(Cc3ccc(F)cc3)cc2N1. The molecule has 0 bridgehead atoms. The summed E-state index contributed by atoms with van der Waals surface area (Å²) < 4.78 is 18.8. The molecular formula is C19H20FN3O2. The third-order valence-corrected chi connectivity index (χ3v) is 4.37. The Kier molecular flexibility index (Phi) is 4.03. The van der Waals surface area contributed by atoms with Crippen LogP contribution in [0.1, 0.15) is 41.4 Å². The molecule has 1 aromatic carbocycles. The number of carbonyl (C=O) groups is 1. The second-order valence-electron chi connectivity index (χ2n) is 6.76. The van der Waals surface area contributed by atoms with E-state index in [9.17, 15) is 9.18 Å². The summed E-state index contributed by atoms with van der Waals surface area (Å²) in [6.45, 7) is 2.54. The van der Waals surface area contributed by atoms with Crippen LogP contribution in [-0.2, 0) is 6.42 Å². The highest BCUT2D eigenvalue weighted by molar-refractivity contribution is 5.95. The second-order valence-corrected chi connectivity index (χ2v) is 6.76. The van der Waals surface area contributed by atoms with Gasteiger partial charge in [0, 0.05) is 6.04 Å². The highest BCUT2D eigenvalue weighted by Crippen LogP contribution is 2.31. The van der Waals surface area contributed by atoms with Crippen molar-refractivity contribution < 1.29 is 13.9 Å². The molecule has 2 aromatic rings. The van der Waals surface area contributed by atoms with Crippen molar-refractivity contribution in [3.05, 3.63) is 53.0 Å². The lowest BCUT2D eigenvalue weighted by Gasteiger charge is -2.25. The van der Waals surface area contributed by atoms with Gasteiger partial charge in [0.05, 0.1) is 11.7 Å². The van der Waals surface area contributed by atoms with Crippen molar-refractivity contribution >= 4 is 11.6 Å². The molecule has 0 saturated heterocycles. The molecule has 2 N–H and O–H groups in total. The summed E-state index contributed by atoms with van der Waals surface area (Å²) in [5.41, 5.74) is 2.90. The van der Waals surface area contributed by atoms with Crippen molar-refractivity contribution in [2.75, 3.05) is 11.9 Å². The van der Waals surface area contributed by atoms with Crippen LogP contribution in [0.3, 0.4) is 0 Å². The zero-order valence-electron chi connectivity index (χ0n) is 14.0. The van der Waals surface area contributed by atoms with Crippen molar-refractivity contribution in [1.29, 1.82) is 0 Å². The van der Waals surface area contributed by atoms with Crippen LogP contribution in [0.5, 0.6) is 5.88 Å². The molecule has 1 atom stereocenters. The van der Waals surface area contributed by atoms with Crippen LogP contribution < -0.4 is 15.4 Å². The molecule has 2 heterocycles. The van der Waals surface area contributed by atoms with Gasteiger partial charge >= 0.3 is 0 Å². The first-order valence-electron chi connectivity index (χ1n) is 8.57. The summed E-state index contributed by atoms with van der Waals surface area (Å²) in [6, 6.07) is 8.65. The number of benzene rings is 1. The maximum Gasteiger partial charge on any atom is 0.270 e. The number of aromatic nitrogens is 1. The minimum Gasteiger partial charge on any atom is -0.474 e. The van der Waals surface area contributed by atoms with Crippen molar-refractivity contribution in [3.63, 3.8) is 0 Å². The number of rotatable bonds is 4. The van der Waals surface area contributed by atoms with Crippen LogP contribution in [0, 0.1) is 5.82 Å². The second kappa shape index (κ2) is 6.35. The maximum absolute atomic E-state index is 13.1. The Morgan fingerprint density at radius 2 is 2.12 bits per heavy atom. The largest absolute Gasteiger partial charge is 0.474 e. The van der Waals surface area contributed by atoms with Gasteiger partial charge in [0.25, 0.3) is 5.91 Å². The normalized spacial score (nSPS) is 18.7. The van der Waals surface area contributed by atoms with Gasteiger partial charge in [-0.2, -0.15) is 0 Å². The molecule has 1 saturated carbocycles. The van der Waals surface area contributed by atoms with E-state index in [-0.39, 0.29) is 23.8 Å². The van der Waals surface area contributed by atoms with Crippen LogP contribution in [0.25, 0.3) is 0 Å². The van der Waals surface area contributed by atoms with Gasteiger partial charge in [0.1, 0.15) is 18.1 Å². The van der Waals surface area contributed by atoms with Crippen LogP contribution in [-0.4, -0.2) is 29.6 Å². The van der Waals surface area contributed by atoms with Gasteiger partial charge in [-0.3, -0.25) is 4.79 Å². The smallest absolute Gasteiger partial charge is 0.270 e. The molecule has 0 unspecified atom stereocenters. The fourth-order valence-corrected chi connectivity index (χ4v) is 2.90. The average molecular weight is 341 g/mol. The minimum absolute atomic E-state index is 0.176. The Morgan fingerprint density at radius 1 is 1.36 bits per heavy atom. The standard InChI is InChI=1S/C19H20FN3O2/c1-11-10-25-19-16(21-11)9-13(8-12-2-4-14(20)5-3-12)17(23-19)18(24)22-15-6-7-15/h2-5,9,11,15,21H,6-8,10H2,1H3,(H,22,24)/t11-/m0/s1. The van der Waals surface area contributed by atoms with E-state index in [1.807, 2.05) is 13.0 Å². The van der Waals surface area contributed by atoms with Crippen molar-refractivity contribution in [1.82, 2.24) is 10.3 Å². The van der Waals surface area contributed by atoms with Crippen LogP contribution in [0.15, 0.2) is 30.3 Å². The van der Waals surface area contributed by atoms with E-state index in [2.05, 4.69) is 15.6 Å². The summed E-state index contributed by atoms with van der Waals surface area (Å²) >= 11 is 0. The van der Waals surface area contributed by atoms with Crippen molar-refractivity contribution in [2.24, 2.45) is 0 Å². The lowest BCUT2D eigenvalue weighted by Crippen LogP contribution is -2.31. The number of nitrogens with one attached hydrogen (secondary N) is 2. The van der Waals surface area contributed by atoms with E-state index in [1.165, 1.54) is 12.1 Å². The summed E-state index contributed by atoms with van der Waals surface area (Å²) in [5.74, 6) is 0.00874. The number of ether oxygens (including phenoxy) is 1. The molecule has 130 valence electrons. The molecule has 0 spiro atoms. The number of fused-ring (bicyclic) bond motifs is 1. The predicted molar refractivity (Wildman–Crippen MR) is 92.5 cm³/mol. The van der Waals surface area contributed by atoms with Crippen LogP contribution in [0.4, 0.5) is 10.1 Å². The lowest BCUT2D eigenvalue weighted by molar-refractivity contribution is 0.0944. The van der Waals surface area contributed by atoms with Gasteiger partial charge in [-0.15, -0.1) is 0 Å². The molecule has 2 aliphatic rings. The lowest BCUT2D eigenvalue weighted by atomic mass is 10.0. The zero-order valence-corrected chi connectivity index (χ0v) is 14.0. The Morgan fingerprint density at radius 3 is 2.84 bits per heavy atom. The maximum atomic E-state index is 13.1. The summed E-state index contributed by atoms with van der Waals surface area (Å²) in [7, 11) is 0. The summed E-state index contributed by atoms with van der Waals surface area (Å²) in [5, 5.41) is 6.32. The topological polar surface area (TPSA) is 63.2 Å². The Bertz CT molecular complexity index is 803. The van der Waals surface area contributed by atoms with E-state index in [0.29, 0.717) is 24.6 Å². The number of halogens is 1. The number of pyridine rings is 1. The molecule has 1 aliphatic carbocycles. The molecule has 1 aliphatic heterocycles. The summed E-state index contributed by atoms with van der Waals surface area (Å²) in [4.78, 5) is 17.1. The number of hydrogen-bond acceptors (Lipinski definition) is 4. The third-order valence-electron chi connectivity index (χ3n) is 4.37. The van der Waals surface area contributed by atoms with Crippen LogP contribution in [0.2, 0.25) is 0 Å². The van der Waals surface area contributed by atoms with Crippen LogP contribution >= 0.6 is 0 Å². The minimum atomic E-state index is -0.275. The predicted octanol–water partition coefficient (Wildman–Crippen LogP) is 2.90. The van der Waals surface area contributed by atoms with E-state index in [0.717, 1.165) is 29.7 Å². The van der Waals surface area contributed by atoms with E-state index in [4.69, 9.17) is 4.74 Å². The number of anilines is 1. The fraction of sp³-hybridized carbons (Fsp3) is 0.368. The quantitative estimate of drug-likeness (QED) is 0.898. The average Bonchev–Trinajstić information content (AvgIpc) is 3.40. The third kappa shape index (κ3) is 3.57. The number of amides is 1. The zero-order chi connectivity index (χ0) is 17.4. The molecule has 1 fully saturated rings. The Balaban J connectivity index is 1.69. The monoisotopic (exact) mass is 341 g/mol. The highest BCUT2D eigenvalue weighted by Gasteiger charge is 2.27. The summed E-state index contributed by atoms with van der Waals surface area (Å²) in [6.07, 6.45) is 2.53. The molecule has 1 aromatic heterocycles. The Hall–Kier alpha value is -2.63. The van der Waals surface area contributed by atoms with Gasteiger partial charge in [-0.25, -0.2) is 9.37 Å². The van der Waals surface area contributed by atoms with Gasteiger partial charge in [-0.1, -0.05) is 12.1 Å². The molecule has 1 amide bonds. The number of nitrogens with zero attached hydrogens (tertiary/aromatic N) is 1. The molecule has 4 rings (SSSR count). The van der Waals surface area contributed by atoms with E-state index < -0.39 is 0 Å². The number of carbonyl (C=O) groups excluding carboxylic acids is 1. The molecule has 25 heavy (non-hydrogen) atoms. The van der Waals surface area contributed by atoms with Crippen molar-refractivity contribution in [3.8, 4) is 5.88 Å². The first kappa shape index (κ1) is 15.9. The first-order valence-corrected chi connectivity index (χ1v) is 8.57. The molecule has 6 heteroatoms. The highest BCUT2D eigenvalue weighted by atomic mass is 19.1. The first-order chi connectivity index (χ1) is 12.1. The number of hydrogen-bond donors (Lipinski definition) is 2. The van der Waals surface area contributed by atoms with E-state index >= 15 is 0 Å². The molecule has 5 nitrogen and oxygen atoms in total. The van der Waals surface area contributed by atoms with Gasteiger partial charge in [0.2, 0.25) is 5.88 Å². The van der Waals surface area contributed by atoms with Gasteiger partial charge in [0.15, 0.2) is 0 Å². The molecule has 0 radical (unpaired) electrons. The van der Waals surface area contributed by atoms with E-state index in [1.54, 1.807) is 12.1 Å². The van der Waals surface area contributed by atoms with Crippen molar-refractivity contribution in [2.45, 2.75) is 38.3 Å².